The van der Waals surface area contributed by atoms with Gasteiger partial charge in [-0.3, -0.25) is 37.3 Å². The van der Waals surface area contributed by atoms with E-state index in [1.165, 1.54) is 231 Å². The summed E-state index contributed by atoms with van der Waals surface area (Å²) in [5.74, 6) is -0.461. The van der Waals surface area contributed by atoms with Crippen molar-refractivity contribution in [3.05, 3.63) is 0 Å². The number of aliphatic hydroxyl groups excluding tert-OH is 1. The molecule has 0 aromatic rings. The van der Waals surface area contributed by atoms with E-state index in [0.29, 0.717) is 25.7 Å². The fourth-order valence-electron chi connectivity index (χ4n) is 12.3. The molecule has 19 heteroatoms. The molecule has 0 radical (unpaired) electrons. The average Bonchev–Trinajstić information content (AvgIpc) is 1.23. The Kier molecular flexibility index (Phi) is 70.3. The van der Waals surface area contributed by atoms with E-state index >= 15 is 0 Å². The predicted octanol–water partition coefficient (Wildman–Crippen LogP) is 23.9. The van der Waals surface area contributed by atoms with Crippen LogP contribution in [0.1, 0.15) is 420 Å². The van der Waals surface area contributed by atoms with Crippen LogP contribution in [0.25, 0.3) is 0 Å². The van der Waals surface area contributed by atoms with Gasteiger partial charge in [-0.05, 0) is 37.5 Å². The first kappa shape index (κ1) is 97.1. The molecule has 0 spiro atoms. The zero-order valence-electron chi connectivity index (χ0n) is 64.8. The maximum absolute atomic E-state index is 13.1. The molecule has 3 unspecified atom stereocenters. The summed E-state index contributed by atoms with van der Waals surface area (Å²) in [6.07, 6.45) is 61.4. The van der Waals surface area contributed by atoms with Crippen LogP contribution < -0.4 is 0 Å². The molecule has 0 amide bonds. The Morgan fingerprint density at radius 1 is 0.293 bits per heavy atom. The van der Waals surface area contributed by atoms with Crippen LogP contribution in [0, 0.1) is 11.8 Å². The minimum absolute atomic E-state index is 0.108. The number of esters is 4. The highest BCUT2D eigenvalue weighted by molar-refractivity contribution is 7.47. The van der Waals surface area contributed by atoms with Crippen LogP contribution in [-0.4, -0.2) is 96.7 Å². The summed E-state index contributed by atoms with van der Waals surface area (Å²) in [4.78, 5) is 72.7. The van der Waals surface area contributed by atoms with Crippen molar-refractivity contribution in [2.24, 2.45) is 11.8 Å². The van der Waals surface area contributed by atoms with Gasteiger partial charge in [0, 0.05) is 25.7 Å². The maximum Gasteiger partial charge on any atom is 0.472 e. The third-order valence-electron chi connectivity index (χ3n) is 19.1. The van der Waals surface area contributed by atoms with Crippen LogP contribution in [0.2, 0.25) is 0 Å². The lowest BCUT2D eigenvalue weighted by molar-refractivity contribution is -0.161. The molecule has 588 valence electrons. The van der Waals surface area contributed by atoms with Crippen molar-refractivity contribution < 1.29 is 80.2 Å². The number of hydrogen-bond donors (Lipinski definition) is 3. The van der Waals surface area contributed by atoms with Crippen molar-refractivity contribution in [2.75, 3.05) is 39.6 Å². The van der Waals surface area contributed by atoms with Crippen molar-refractivity contribution >= 4 is 39.5 Å². The SMILES string of the molecule is CCCCCCCCCCCCCCCCCCCC(=O)O[C@H](COC(=O)CCCCCCC)COP(=O)(O)OC[C@H](O)COP(=O)(O)OC[C@@H](COC(=O)CCCCCCCCCCCCCCCCC(C)CC)OC(=O)CCCCCCCCCCCCCCCCCCC(C)C. The summed E-state index contributed by atoms with van der Waals surface area (Å²) in [5.41, 5.74) is 0. The summed E-state index contributed by atoms with van der Waals surface area (Å²) in [5, 5.41) is 10.6. The fraction of sp³-hybridized carbons (Fsp3) is 0.950. The van der Waals surface area contributed by atoms with E-state index in [1.54, 1.807) is 0 Å². The van der Waals surface area contributed by atoms with Gasteiger partial charge in [-0.15, -0.1) is 0 Å². The number of aliphatic hydroxyl groups is 1. The minimum Gasteiger partial charge on any atom is -0.462 e. The third kappa shape index (κ3) is 72.8. The molecule has 0 saturated carbocycles. The Labute approximate surface area is 607 Å². The zero-order valence-corrected chi connectivity index (χ0v) is 66.6. The summed E-state index contributed by atoms with van der Waals surface area (Å²) < 4.78 is 68.5. The van der Waals surface area contributed by atoms with E-state index in [2.05, 4.69) is 41.5 Å². The molecular weight excluding hydrogens is 1290 g/mol. The number of phosphoric ester groups is 2. The van der Waals surface area contributed by atoms with Crippen LogP contribution in [0.15, 0.2) is 0 Å². The van der Waals surface area contributed by atoms with Gasteiger partial charge >= 0.3 is 39.5 Å². The molecule has 0 saturated heterocycles. The van der Waals surface area contributed by atoms with Crippen LogP contribution >= 0.6 is 15.6 Å². The standard InChI is InChI=1S/C80H156O17P2/c1-7-10-12-14-15-16-17-18-19-20-24-31-36-41-46-52-58-64-79(84)96-75(68-90-77(82)62-56-48-13-11-8-2)70-94-98(86,87)92-66-74(81)67-93-99(88,89)95-71-76(69-91-78(83)63-57-51-45-40-35-30-27-26-29-34-39-44-50-55-61-73(6)9-3)97-80(85)65-59-53-47-42-37-32-25-22-21-23-28-33-38-43-49-54-60-72(4)5/h72-76,81H,7-71H2,1-6H3,(H,86,87)(H,88,89)/t73?,74-,75+,76+/m0/s1. The topological polar surface area (TPSA) is 237 Å². The van der Waals surface area contributed by atoms with E-state index in [1.807, 2.05) is 0 Å². The Morgan fingerprint density at radius 2 is 0.515 bits per heavy atom. The predicted molar refractivity (Wildman–Crippen MR) is 405 cm³/mol. The first-order valence-corrected chi connectivity index (χ1v) is 44.5. The third-order valence-corrected chi connectivity index (χ3v) is 21.0. The number of carbonyl (C=O) groups is 4. The van der Waals surface area contributed by atoms with Gasteiger partial charge in [0.1, 0.15) is 19.3 Å². The van der Waals surface area contributed by atoms with Crippen LogP contribution in [0.3, 0.4) is 0 Å². The molecule has 3 N–H and O–H groups in total. The Bertz CT molecular complexity index is 1910. The second-order valence-corrected chi connectivity index (χ2v) is 32.4. The van der Waals surface area contributed by atoms with Gasteiger partial charge in [0.05, 0.1) is 26.4 Å². The molecule has 17 nitrogen and oxygen atoms in total. The van der Waals surface area contributed by atoms with Gasteiger partial charge in [0.15, 0.2) is 12.2 Å². The Hall–Kier alpha value is -1.94. The average molecular weight is 1450 g/mol. The molecule has 0 aliphatic carbocycles. The van der Waals surface area contributed by atoms with Crippen molar-refractivity contribution in [3.8, 4) is 0 Å². The highest BCUT2D eigenvalue weighted by atomic mass is 31.2. The second kappa shape index (κ2) is 71.7. The van der Waals surface area contributed by atoms with Gasteiger partial charge in [-0.2, -0.15) is 0 Å². The Morgan fingerprint density at radius 3 is 0.768 bits per heavy atom. The van der Waals surface area contributed by atoms with Crippen molar-refractivity contribution in [1.29, 1.82) is 0 Å². The van der Waals surface area contributed by atoms with Crippen molar-refractivity contribution in [2.45, 2.75) is 439 Å². The number of unbranched alkanes of at least 4 members (excludes halogenated alkanes) is 48. The van der Waals surface area contributed by atoms with E-state index in [-0.39, 0.29) is 25.7 Å². The van der Waals surface area contributed by atoms with Crippen LogP contribution in [0.5, 0.6) is 0 Å². The number of phosphoric acid groups is 2. The lowest BCUT2D eigenvalue weighted by atomic mass is 9.99. The second-order valence-electron chi connectivity index (χ2n) is 29.5. The van der Waals surface area contributed by atoms with Crippen LogP contribution in [0.4, 0.5) is 0 Å². The van der Waals surface area contributed by atoms with E-state index in [0.717, 1.165) is 108 Å². The highest BCUT2D eigenvalue weighted by Crippen LogP contribution is 2.45. The monoisotopic (exact) mass is 1450 g/mol. The van der Waals surface area contributed by atoms with Crippen molar-refractivity contribution in [1.82, 2.24) is 0 Å². The van der Waals surface area contributed by atoms with E-state index in [9.17, 15) is 43.2 Å². The molecule has 0 heterocycles. The van der Waals surface area contributed by atoms with E-state index in [4.69, 9.17) is 37.0 Å². The largest absolute Gasteiger partial charge is 0.472 e. The molecule has 0 aromatic heterocycles. The van der Waals surface area contributed by atoms with E-state index < -0.39 is 97.5 Å². The number of carbonyl (C=O) groups excluding carboxylic acids is 4. The van der Waals surface area contributed by atoms with Gasteiger partial charge in [0.2, 0.25) is 0 Å². The zero-order chi connectivity index (χ0) is 72.8. The lowest BCUT2D eigenvalue weighted by Crippen LogP contribution is -2.30. The number of hydrogen-bond acceptors (Lipinski definition) is 15. The summed E-state index contributed by atoms with van der Waals surface area (Å²) in [7, 11) is -9.91. The van der Waals surface area contributed by atoms with Gasteiger partial charge in [-0.25, -0.2) is 9.13 Å². The molecule has 0 aromatic carbocycles. The van der Waals surface area contributed by atoms with Gasteiger partial charge in [0.25, 0.3) is 0 Å². The molecule has 6 atom stereocenters. The van der Waals surface area contributed by atoms with Gasteiger partial charge < -0.3 is 33.8 Å². The molecular formula is C80H156O17P2. The summed E-state index contributed by atoms with van der Waals surface area (Å²) in [6, 6.07) is 0. The minimum atomic E-state index is -4.96. The van der Waals surface area contributed by atoms with Gasteiger partial charge in [-0.1, -0.05) is 369 Å². The molecule has 0 aliphatic rings. The van der Waals surface area contributed by atoms with Crippen LogP contribution in [-0.2, 0) is 65.4 Å². The number of rotatable bonds is 79. The lowest BCUT2D eigenvalue weighted by Gasteiger charge is -2.21. The molecule has 0 rings (SSSR count). The smallest absolute Gasteiger partial charge is 0.462 e. The molecule has 99 heavy (non-hydrogen) atoms. The van der Waals surface area contributed by atoms with Crippen molar-refractivity contribution in [3.63, 3.8) is 0 Å². The first-order chi connectivity index (χ1) is 47.9. The number of ether oxygens (including phenoxy) is 4. The first-order valence-electron chi connectivity index (χ1n) is 41.5. The summed E-state index contributed by atoms with van der Waals surface area (Å²) >= 11 is 0. The Balaban J connectivity index is 5.13. The fourth-order valence-corrected chi connectivity index (χ4v) is 13.9. The highest BCUT2D eigenvalue weighted by Gasteiger charge is 2.30. The molecule has 0 bridgehead atoms. The molecule has 0 fully saturated rings. The summed E-state index contributed by atoms with van der Waals surface area (Å²) in [6.45, 7) is 9.63. The normalized spacial score (nSPS) is 14.2. The maximum atomic E-state index is 13.1. The molecule has 0 aliphatic heterocycles. The quantitative estimate of drug-likeness (QED) is 0.0222.